The molecule has 0 saturated heterocycles. The number of allylic oxidation sites excluding steroid dienone is 1. The summed E-state index contributed by atoms with van der Waals surface area (Å²) in [7, 11) is 0. The molecule has 6 nitrogen and oxygen atoms in total. The van der Waals surface area contributed by atoms with Crippen LogP contribution in [0.1, 0.15) is 49.4 Å². The molecule has 6 heteroatoms. The lowest BCUT2D eigenvalue weighted by Crippen LogP contribution is -2.34. The molecule has 3 N–H and O–H groups in total. The summed E-state index contributed by atoms with van der Waals surface area (Å²) in [5.74, 6) is -0.367. The van der Waals surface area contributed by atoms with Crippen LogP contribution in [0.4, 0.5) is 0 Å². The Labute approximate surface area is 170 Å². The number of carbonyl (C=O) groups is 2. The summed E-state index contributed by atoms with van der Waals surface area (Å²) in [5.41, 5.74) is 4.05. The standard InChI is InChI=1S/C23H26N4O2/c1-14(2)24-22(28)19-12-10-17(26-19)21(16-8-6-5-7-9-16)18-11-13-20(27-18)23(29)25-15(3)4/h5-15,26H,1-4H3,(H,24,28)(H,25,29)/b21-18-. The number of hydrogen-bond donors (Lipinski definition) is 3. The summed E-state index contributed by atoms with van der Waals surface area (Å²) in [6.45, 7) is 7.65. The molecule has 0 bridgehead atoms. The number of amides is 2. The van der Waals surface area contributed by atoms with Crippen molar-refractivity contribution in [2.75, 3.05) is 0 Å². The molecule has 0 fully saturated rings. The van der Waals surface area contributed by atoms with E-state index in [-0.39, 0.29) is 23.9 Å². The van der Waals surface area contributed by atoms with Crippen LogP contribution in [0.25, 0.3) is 5.57 Å². The molecule has 29 heavy (non-hydrogen) atoms. The fourth-order valence-corrected chi connectivity index (χ4v) is 3.02. The molecular weight excluding hydrogens is 364 g/mol. The zero-order chi connectivity index (χ0) is 21.0. The molecule has 150 valence electrons. The van der Waals surface area contributed by atoms with Gasteiger partial charge in [-0.05, 0) is 57.5 Å². The Hall–Kier alpha value is -3.41. The highest BCUT2D eigenvalue weighted by molar-refractivity contribution is 6.44. The molecule has 0 atom stereocenters. The highest BCUT2D eigenvalue weighted by atomic mass is 16.2. The summed E-state index contributed by atoms with van der Waals surface area (Å²) in [6.07, 6.45) is 3.54. The Balaban J connectivity index is 2.02. The van der Waals surface area contributed by atoms with Crippen LogP contribution in [-0.4, -0.2) is 34.6 Å². The Kier molecular flexibility index (Phi) is 6.12. The van der Waals surface area contributed by atoms with Gasteiger partial charge in [-0.3, -0.25) is 9.59 Å². The van der Waals surface area contributed by atoms with E-state index in [9.17, 15) is 9.59 Å². The number of carbonyl (C=O) groups excluding carboxylic acids is 2. The van der Waals surface area contributed by atoms with E-state index in [2.05, 4.69) is 20.6 Å². The zero-order valence-electron chi connectivity index (χ0n) is 17.1. The average Bonchev–Trinajstić information content (AvgIpc) is 3.32. The third-order valence-corrected chi connectivity index (χ3v) is 4.23. The summed E-state index contributed by atoms with van der Waals surface area (Å²) < 4.78 is 0. The van der Waals surface area contributed by atoms with Crippen LogP contribution in [0.5, 0.6) is 0 Å². The van der Waals surface area contributed by atoms with Gasteiger partial charge in [-0.2, -0.15) is 0 Å². The van der Waals surface area contributed by atoms with Gasteiger partial charge in [-0.1, -0.05) is 30.3 Å². The summed E-state index contributed by atoms with van der Waals surface area (Å²) >= 11 is 0. The van der Waals surface area contributed by atoms with Crippen LogP contribution >= 0.6 is 0 Å². The molecule has 1 aromatic carbocycles. The molecule has 0 aliphatic carbocycles. The van der Waals surface area contributed by atoms with Crippen molar-refractivity contribution in [3.05, 3.63) is 77.3 Å². The Bertz CT molecular complexity index is 995. The molecular formula is C23H26N4O2. The minimum Gasteiger partial charge on any atom is -0.350 e. The Morgan fingerprint density at radius 1 is 0.828 bits per heavy atom. The number of rotatable bonds is 6. The molecule has 0 saturated carbocycles. The zero-order valence-corrected chi connectivity index (χ0v) is 17.1. The third-order valence-electron chi connectivity index (χ3n) is 4.23. The summed E-state index contributed by atoms with van der Waals surface area (Å²) in [4.78, 5) is 32.4. The van der Waals surface area contributed by atoms with E-state index in [4.69, 9.17) is 0 Å². The predicted molar refractivity (Wildman–Crippen MR) is 116 cm³/mol. The van der Waals surface area contributed by atoms with Crippen molar-refractivity contribution in [3.63, 3.8) is 0 Å². The minimum atomic E-state index is -0.206. The van der Waals surface area contributed by atoms with E-state index in [0.717, 1.165) is 16.8 Å². The number of benzene rings is 1. The van der Waals surface area contributed by atoms with E-state index in [1.807, 2.05) is 70.2 Å². The number of H-pyrrole nitrogens is 1. The fraction of sp³-hybridized carbons (Fsp3) is 0.261. The quantitative estimate of drug-likeness (QED) is 0.706. The van der Waals surface area contributed by atoms with E-state index in [0.29, 0.717) is 17.1 Å². The molecule has 2 heterocycles. The minimum absolute atomic E-state index is 0.0330. The first-order valence-corrected chi connectivity index (χ1v) is 9.72. The number of hydrogen-bond acceptors (Lipinski definition) is 3. The van der Waals surface area contributed by atoms with Gasteiger partial charge in [0.2, 0.25) is 0 Å². The van der Waals surface area contributed by atoms with Crippen molar-refractivity contribution in [1.82, 2.24) is 15.6 Å². The maximum atomic E-state index is 12.3. The van der Waals surface area contributed by atoms with Gasteiger partial charge in [0, 0.05) is 23.4 Å². The molecule has 1 aliphatic rings. The van der Waals surface area contributed by atoms with Crippen LogP contribution < -0.4 is 10.6 Å². The highest BCUT2D eigenvalue weighted by Crippen LogP contribution is 2.29. The molecule has 2 aromatic rings. The SMILES string of the molecule is CC(C)NC(=O)C1=N/C(=C(/c2ccccc2)c2ccc(C(=O)NC(C)C)[nH]2)C=C1. The van der Waals surface area contributed by atoms with Crippen LogP contribution in [0.15, 0.2) is 65.3 Å². The van der Waals surface area contributed by atoms with E-state index in [1.54, 1.807) is 12.1 Å². The van der Waals surface area contributed by atoms with Gasteiger partial charge in [-0.15, -0.1) is 0 Å². The third kappa shape index (κ3) is 4.90. The maximum absolute atomic E-state index is 12.3. The molecule has 0 unspecified atom stereocenters. The van der Waals surface area contributed by atoms with Crippen LogP contribution in [0, 0.1) is 0 Å². The monoisotopic (exact) mass is 390 g/mol. The van der Waals surface area contributed by atoms with Gasteiger partial charge >= 0.3 is 0 Å². The first-order chi connectivity index (χ1) is 13.8. The van der Waals surface area contributed by atoms with E-state index >= 15 is 0 Å². The van der Waals surface area contributed by atoms with Crippen molar-refractivity contribution in [3.8, 4) is 0 Å². The molecule has 2 amide bonds. The molecule has 1 aromatic heterocycles. The first-order valence-electron chi connectivity index (χ1n) is 9.72. The van der Waals surface area contributed by atoms with Gasteiger partial charge in [0.15, 0.2) is 0 Å². The topological polar surface area (TPSA) is 86.3 Å². The van der Waals surface area contributed by atoms with Crippen molar-refractivity contribution in [1.29, 1.82) is 0 Å². The molecule has 1 aliphatic heterocycles. The molecule has 0 radical (unpaired) electrons. The number of aromatic amines is 1. The average molecular weight is 390 g/mol. The summed E-state index contributed by atoms with van der Waals surface area (Å²) in [6, 6.07) is 13.5. The van der Waals surface area contributed by atoms with E-state index < -0.39 is 0 Å². The number of nitrogens with one attached hydrogen (secondary N) is 3. The second kappa shape index (κ2) is 8.73. The molecule has 0 spiro atoms. The van der Waals surface area contributed by atoms with E-state index in [1.165, 1.54) is 0 Å². The second-order valence-electron chi connectivity index (χ2n) is 7.50. The Morgan fingerprint density at radius 3 is 2.10 bits per heavy atom. The van der Waals surface area contributed by atoms with Gasteiger partial charge < -0.3 is 15.6 Å². The lowest BCUT2D eigenvalue weighted by atomic mass is 10.0. The van der Waals surface area contributed by atoms with Gasteiger partial charge in [0.25, 0.3) is 11.8 Å². The van der Waals surface area contributed by atoms with Gasteiger partial charge in [0.05, 0.1) is 5.70 Å². The lowest BCUT2D eigenvalue weighted by molar-refractivity contribution is -0.115. The van der Waals surface area contributed by atoms with Crippen molar-refractivity contribution in [2.45, 2.75) is 39.8 Å². The fourth-order valence-electron chi connectivity index (χ4n) is 3.02. The van der Waals surface area contributed by atoms with Crippen LogP contribution in [-0.2, 0) is 4.79 Å². The maximum Gasteiger partial charge on any atom is 0.270 e. The first kappa shape index (κ1) is 20.3. The number of aliphatic imine (C=N–C) groups is 1. The summed E-state index contributed by atoms with van der Waals surface area (Å²) in [5, 5.41) is 5.74. The van der Waals surface area contributed by atoms with Crippen molar-refractivity contribution < 1.29 is 9.59 Å². The van der Waals surface area contributed by atoms with Crippen molar-refractivity contribution in [2.24, 2.45) is 4.99 Å². The molecule has 3 rings (SSSR count). The number of aromatic nitrogens is 1. The largest absolute Gasteiger partial charge is 0.350 e. The highest BCUT2D eigenvalue weighted by Gasteiger charge is 2.20. The normalized spacial score (nSPS) is 14.9. The van der Waals surface area contributed by atoms with Crippen LogP contribution in [0.3, 0.4) is 0 Å². The number of nitrogens with zero attached hydrogens (tertiary/aromatic N) is 1. The van der Waals surface area contributed by atoms with Gasteiger partial charge in [-0.25, -0.2) is 4.99 Å². The van der Waals surface area contributed by atoms with Crippen molar-refractivity contribution >= 4 is 23.1 Å². The van der Waals surface area contributed by atoms with Gasteiger partial charge in [0.1, 0.15) is 11.4 Å². The Morgan fingerprint density at radius 2 is 1.45 bits per heavy atom. The van der Waals surface area contributed by atoms with Crippen LogP contribution in [0.2, 0.25) is 0 Å². The predicted octanol–water partition coefficient (Wildman–Crippen LogP) is 3.45. The lowest BCUT2D eigenvalue weighted by Gasteiger charge is -2.10. The second-order valence-corrected chi connectivity index (χ2v) is 7.50. The smallest absolute Gasteiger partial charge is 0.270 e.